The molecule has 0 aliphatic rings. The summed E-state index contributed by atoms with van der Waals surface area (Å²) in [7, 11) is -4.40. The van der Waals surface area contributed by atoms with Gasteiger partial charge in [-0.1, -0.05) is 0 Å². The van der Waals surface area contributed by atoms with Gasteiger partial charge in [0.2, 0.25) is 0 Å². The Morgan fingerprint density at radius 2 is 1.90 bits per heavy atom. The van der Waals surface area contributed by atoms with E-state index in [1.54, 1.807) is 0 Å². The summed E-state index contributed by atoms with van der Waals surface area (Å²) in [4.78, 5) is 0. The van der Waals surface area contributed by atoms with Crippen molar-refractivity contribution in [2.75, 3.05) is 12.4 Å². The van der Waals surface area contributed by atoms with Crippen molar-refractivity contribution in [2.24, 2.45) is 0 Å². The topological polar surface area (TPSA) is 97.7 Å². The first-order valence-corrected chi connectivity index (χ1v) is 3.76. The Bertz CT molecular complexity index is 164. The number of aliphatic hydroxyl groups excluding tert-OH is 2. The molecule has 0 bridgehead atoms. The summed E-state index contributed by atoms with van der Waals surface area (Å²) in [5.74, 6) is -0.927. The summed E-state index contributed by atoms with van der Waals surface area (Å²) < 4.78 is 29.3. The Hall–Kier alpha value is 0.427. The van der Waals surface area contributed by atoms with E-state index in [4.69, 9.17) is 10.2 Å². The van der Waals surface area contributed by atoms with Gasteiger partial charge in [0, 0.05) is 0 Å². The van der Waals surface area contributed by atoms with E-state index in [1.807, 2.05) is 0 Å². The van der Waals surface area contributed by atoms with Crippen LogP contribution in [0, 0.1) is 0 Å². The van der Waals surface area contributed by atoms with Crippen LogP contribution in [0.1, 0.15) is 0 Å². The maximum Gasteiger partial charge on any atom is 1.00 e. The number of hydrogen-bond donors (Lipinski definition) is 2. The Labute approximate surface area is 71.0 Å². The molecule has 0 radical (unpaired) electrons. The van der Waals surface area contributed by atoms with Crippen LogP contribution in [0.2, 0.25) is 0 Å². The van der Waals surface area contributed by atoms with Gasteiger partial charge >= 0.3 is 18.9 Å². The zero-order chi connectivity index (χ0) is 7.49. The third kappa shape index (κ3) is 8.43. The minimum atomic E-state index is -4.40. The third-order valence-electron chi connectivity index (χ3n) is 0.607. The van der Waals surface area contributed by atoms with Gasteiger partial charge in [0.25, 0.3) is 0 Å². The van der Waals surface area contributed by atoms with Crippen molar-refractivity contribution >= 4 is 10.1 Å². The van der Waals surface area contributed by atoms with Crippen LogP contribution in [-0.2, 0) is 10.1 Å². The predicted octanol–water partition coefficient (Wildman–Crippen LogP) is -5.11. The standard InChI is InChI=1S/C3H8O5S.Li/c4-1-3(5)2-9(6,7)8;/h3-5H,1-2H2,(H,6,7,8);/q;+1/p-1. The first-order chi connectivity index (χ1) is 3.95. The predicted molar refractivity (Wildman–Crippen MR) is 27.7 cm³/mol. The van der Waals surface area contributed by atoms with Crippen LogP contribution in [0.15, 0.2) is 0 Å². The molecule has 0 fully saturated rings. The van der Waals surface area contributed by atoms with Gasteiger partial charge in [0.05, 0.1) is 28.6 Å². The van der Waals surface area contributed by atoms with Crippen molar-refractivity contribution in [2.45, 2.75) is 6.10 Å². The molecule has 0 saturated carbocycles. The smallest absolute Gasteiger partial charge is 0.748 e. The molecule has 1 unspecified atom stereocenters. The van der Waals surface area contributed by atoms with Gasteiger partial charge in [-0.3, -0.25) is 0 Å². The molecule has 0 spiro atoms. The van der Waals surface area contributed by atoms with Gasteiger partial charge in [-0.2, -0.15) is 0 Å². The van der Waals surface area contributed by atoms with E-state index in [1.165, 1.54) is 0 Å². The molecule has 0 rings (SSSR count). The van der Waals surface area contributed by atoms with E-state index in [0.29, 0.717) is 0 Å². The van der Waals surface area contributed by atoms with Gasteiger partial charge in [-0.05, 0) is 0 Å². The van der Waals surface area contributed by atoms with Crippen molar-refractivity contribution in [3.8, 4) is 0 Å². The second kappa shape index (κ2) is 5.13. The molecule has 0 saturated heterocycles. The molecule has 0 aromatic heterocycles. The quantitative estimate of drug-likeness (QED) is 0.319. The monoisotopic (exact) mass is 162 g/mol. The Kier molecular flexibility index (Phi) is 6.69. The molecule has 0 aromatic rings. The Morgan fingerprint density at radius 1 is 1.50 bits per heavy atom. The second-order valence-electron chi connectivity index (χ2n) is 1.56. The fourth-order valence-electron chi connectivity index (χ4n) is 0.288. The molecular weight excluding hydrogens is 155 g/mol. The molecule has 2 N–H and O–H groups in total. The SMILES string of the molecule is O=S(=O)([O-])CC(O)CO.[Li+]. The van der Waals surface area contributed by atoms with Crippen LogP contribution < -0.4 is 18.9 Å². The first kappa shape index (κ1) is 13.0. The third-order valence-corrected chi connectivity index (χ3v) is 1.40. The van der Waals surface area contributed by atoms with E-state index in [0.717, 1.165) is 0 Å². The van der Waals surface area contributed by atoms with Crippen LogP contribution in [0.3, 0.4) is 0 Å². The molecular formula is C3H7LiO5S. The van der Waals surface area contributed by atoms with E-state index < -0.39 is 28.6 Å². The summed E-state index contributed by atoms with van der Waals surface area (Å²) >= 11 is 0. The van der Waals surface area contributed by atoms with Crippen molar-refractivity contribution in [3.05, 3.63) is 0 Å². The fraction of sp³-hybridized carbons (Fsp3) is 1.00. The summed E-state index contributed by atoms with van der Waals surface area (Å²) in [5, 5.41) is 16.4. The number of rotatable bonds is 3. The summed E-state index contributed by atoms with van der Waals surface area (Å²) in [6.45, 7) is -0.707. The maximum atomic E-state index is 9.77. The molecule has 0 aliphatic carbocycles. The molecule has 5 nitrogen and oxygen atoms in total. The Balaban J connectivity index is 0. The summed E-state index contributed by atoms with van der Waals surface area (Å²) in [5.41, 5.74) is 0. The van der Waals surface area contributed by atoms with Crippen LogP contribution in [-0.4, -0.2) is 41.6 Å². The van der Waals surface area contributed by atoms with Gasteiger partial charge in [-0.15, -0.1) is 0 Å². The van der Waals surface area contributed by atoms with Crippen molar-refractivity contribution in [3.63, 3.8) is 0 Å². The van der Waals surface area contributed by atoms with E-state index in [9.17, 15) is 13.0 Å². The van der Waals surface area contributed by atoms with Gasteiger partial charge in [-0.25, -0.2) is 8.42 Å². The number of aliphatic hydroxyl groups is 2. The minimum Gasteiger partial charge on any atom is -0.748 e. The zero-order valence-electron chi connectivity index (χ0n) is 5.52. The van der Waals surface area contributed by atoms with Gasteiger partial charge < -0.3 is 14.8 Å². The van der Waals surface area contributed by atoms with Crippen molar-refractivity contribution in [1.29, 1.82) is 0 Å². The van der Waals surface area contributed by atoms with Crippen LogP contribution in [0.25, 0.3) is 0 Å². The molecule has 0 heterocycles. The largest absolute Gasteiger partial charge is 1.00 e. The zero-order valence-corrected chi connectivity index (χ0v) is 6.34. The van der Waals surface area contributed by atoms with E-state index >= 15 is 0 Å². The fourth-order valence-corrected chi connectivity index (χ4v) is 0.865. The molecule has 0 aromatic carbocycles. The molecule has 56 valence electrons. The van der Waals surface area contributed by atoms with Gasteiger partial charge in [0.15, 0.2) is 0 Å². The average molecular weight is 162 g/mol. The van der Waals surface area contributed by atoms with Crippen molar-refractivity contribution in [1.82, 2.24) is 0 Å². The van der Waals surface area contributed by atoms with Crippen LogP contribution >= 0.6 is 0 Å². The molecule has 0 amide bonds. The number of hydrogen-bond acceptors (Lipinski definition) is 5. The van der Waals surface area contributed by atoms with E-state index in [-0.39, 0.29) is 18.9 Å². The Morgan fingerprint density at radius 3 is 2.00 bits per heavy atom. The normalized spacial score (nSPS) is 13.9. The maximum absolute atomic E-state index is 9.77. The minimum absolute atomic E-state index is 0. The first-order valence-electron chi connectivity index (χ1n) is 2.18. The molecule has 0 aliphatic heterocycles. The second-order valence-corrected chi connectivity index (χ2v) is 3.01. The molecule has 7 heteroatoms. The molecule has 10 heavy (non-hydrogen) atoms. The van der Waals surface area contributed by atoms with Crippen molar-refractivity contribution < 1.29 is 42.0 Å². The average Bonchev–Trinajstić information content (AvgIpc) is 1.62. The van der Waals surface area contributed by atoms with Crippen LogP contribution in [0.5, 0.6) is 0 Å². The summed E-state index contributed by atoms with van der Waals surface area (Å²) in [6.07, 6.45) is -1.45. The summed E-state index contributed by atoms with van der Waals surface area (Å²) in [6, 6.07) is 0. The van der Waals surface area contributed by atoms with Crippen LogP contribution in [0.4, 0.5) is 0 Å². The molecule has 1 atom stereocenters. The van der Waals surface area contributed by atoms with E-state index in [2.05, 4.69) is 0 Å². The van der Waals surface area contributed by atoms with Gasteiger partial charge in [0.1, 0.15) is 0 Å².